The fraction of sp³-hybridized carbons (Fsp3) is 0.357. The highest BCUT2D eigenvalue weighted by molar-refractivity contribution is 9.10. The van der Waals surface area contributed by atoms with E-state index in [1.807, 2.05) is 6.26 Å². The van der Waals surface area contributed by atoms with Gasteiger partial charge in [-0.2, -0.15) is 17.0 Å². The molecule has 0 heterocycles. The Balaban J connectivity index is 2.76. The number of nitrogens with zero attached hydrogens (tertiary/aromatic N) is 1. The molecule has 0 saturated carbocycles. The van der Waals surface area contributed by atoms with Crippen molar-refractivity contribution in [1.82, 2.24) is 5.32 Å². The number of amides is 1. The molecule has 5 nitrogen and oxygen atoms in total. The average Bonchev–Trinajstić information content (AvgIpc) is 2.49. The van der Waals surface area contributed by atoms with Gasteiger partial charge in [-0.25, -0.2) is 4.79 Å². The molecule has 1 N–H and O–H groups in total. The van der Waals surface area contributed by atoms with Gasteiger partial charge in [0.05, 0.1) is 5.56 Å². The van der Waals surface area contributed by atoms with Crippen LogP contribution < -0.4 is 5.32 Å². The van der Waals surface area contributed by atoms with Gasteiger partial charge in [-0.3, -0.25) is 4.79 Å². The summed E-state index contributed by atoms with van der Waals surface area (Å²) < 4.78 is 5.43. The van der Waals surface area contributed by atoms with Gasteiger partial charge in [-0.05, 0) is 46.5 Å². The van der Waals surface area contributed by atoms with Gasteiger partial charge < -0.3 is 10.1 Å². The molecule has 1 amide bonds. The molecule has 1 rings (SSSR count). The monoisotopic (exact) mass is 370 g/mol. The van der Waals surface area contributed by atoms with Crippen LogP contribution in [0.25, 0.3) is 0 Å². The van der Waals surface area contributed by atoms with Crippen molar-refractivity contribution in [2.45, 2.75) is 12.5 Å². The van der Waals surface area contributed by atoms with Gasteiger partial charge in [-0.1, -0.05) is 12.1 Å². The number of esters is 1. The Bertz CT molecular complexity index is 545. The van der Waals surface area contributed by atoms with E-state index in [2.05, 4.69) is 21.2 Å². The van der Waals surface area contributed by atoms with Crippen LogP contribution in [0.3, 0.4) is 0 Å². The van der Waals surface area contributed by atoms with Gasteiger partial charge in [0, 0.05) is 4.47 Å². The van der Waals surface area contributed by atoms with E-state index in [4.69, 9.17) is 10.00 Å². The molecule has 7 heteroatoms. The summed E-state index contributed by atoms with van der Waals surface area (Å²) in [5, 5.41) is 11.1. The molecular formula is C14H15BrN2O3S. The second-order valence-electron chi connectivity index (χ2n) is 4.05. The fourth-order valence-corrected chi connectivity index (χ4v) is 2.51. The van der Waals surface area contributed by atoms with Crippen molar-refractivity contribution in [3.63, 3.8) is 0 Å². The third-order valence-corrected chi connectivity index (χ3v) is 3.93. The summed E-state index contributed by atoms with van der Waals surface area (Å²) in [7, 11) is 0. The smallest absolute Gasteiger partial charge is 0.329 e. The maximum atomic E-state index is 12.2. The van der Waals surface area contributed by atoms with Crippen molar-refractivity contribution in [3.8, 4) is 6.07 Å². The number of hydrogen-bond donors (Lipinski definition) is 1. The van der Waals surface area contributed by atoms with E-state index >= 15 is 0 Å². The van der Waals surface area contributed by atoms with E-state index in [1.54, 1.807) is 42.1 Å². The highest BCUT2D eigenvalue weighted by atomic mass is 79.9. The zero-order valence-electron chi connectivity index (χ0n) is 11.5. The van der Waals surface area contributed by atoms with Gasteiger partial charge in [0.2, 0.25) is 0 Å². The number of hydrogen-bond acceptors (Lipinski definition) is 5. The molecule has 0 bridgehead atoms. The number of benzene rings is 1. The van der Waals surface area contributed by atoms with Crippen LogP contribution in [0, 0.1) is 11.3 Å². The van der Waals surface area contributed by atoms with E-state index in [9.17, 15) is 9.59 Å². The normalized spacial score (nSPS) is 11.3. The minimum atomic E-state index is -0.759. The lowest BCUT2D eigenvalue weighted by Gasteiger charge is -2.17. The minimum Gasteiger partial charge on any atom is -0.449 e. The van der Waals surface area contributed by atoms with Gasteiger partial charge in [0.25, 0.3) is 5.91 Å². The van der Waals surface area contributed by atoms with E-state index in [0.29, 0.717) is 22.2 Å². The number of carbonyl (C=O) groups is 2. The molecule has 0 radical (unpaired) electrons. The Morgan fingerprint density at radius 1 is 1.48 bits per heavy atom. The van der Waals surface area contributed by atoms with Crippen LogP contribution in [0.15, 0.2) is 28.7 Å². The second kappa shape index (κ2) is 9.42. The standard InChI is InChI=1S/C14H15BrN2O3S/c1-21-9-6-12(14(19)20-8-7-16)17-13(18)10-4-2-3-5-11(10)15/h2-5,12H,6,8-9H2,1H3,(H,17,18)/t12-/m0/s1. The van der Waals surface area contributed by atoms with Crippen LogP contribution >= 0.6 is 27.7 Å². The zero-order valence-corrected chi connectivity index (χ0v) is 13.9. The molecule has 0 aromatic heterocycles. The highest BCUT2D eigenvalue weighted by Crippen LogP contribution is 2.16. The first kappa shape index (κ1) is 17.5. The predicted octanol–water partition coefficient (Wildman–Crippen LogP) is 2.37. The molecule has 21 heavy (non-hydrogen) atoms. The molecule has 0 aliphatic heterocycles. The number of thioether (sulfide) groups is 1. The third kappa shape index (κ3) is 5.78. The molecule has 1 aromatic rings. The van der Waals surface area contributed by atoms with Crippen molar-refractivity contribution in [1.29, 1.82) is 5.26 Å². The number of nitrogens with one attached hydrogen (secondary N) is 1. The molecule has 1 atom stereocenters. The SMILES string of the molecule is CSCC[C@H](NC(=O)c1ccccc1Br)C(=O)OCC#N. The van der Waals surface area contributed by atoms with Gasteiger partial charge in [-0.15, -0.1) is 0 Å². The number of nitriles is 1. The van der Waals surface area contributed by atoms with Gasteiger partial charge >= 0.3 is 5.97 Å². The summed E-state index contributed by atoms with van der Waals surface area (Å²) in [5.74, 6) is -0.253. The number of ether oxygens (including phenoxy) is 1. The maximum Gasteiger partial charge on any atom is 0.329 e. The van der Waals surface area contributed by atoms with Crippen LogP contribution in [0.5, 0.6) is 0 Å². The summed E-state index contributed by atoms with van der Waals surface area (Å²) in [4.78, 5) is 24.0. The largest absolute Gasteiger partial charge is 0.449 e. The third-order valence-electron chi connectivity index (χ3n) is 2.60. The first-order chi connectivity index (χ1) is 10.1. The Hall–Kier alpha value is -1.52. The number of carbonyl (C=O) groups excluding carboxylic acids is 2. The molecule has 0 aliphatic carbocycles. The first-order valence-electron chi connectivity index (χ1n) is 6.18. The van der Waals surface area contributed by atoms with Crippen molar-refractivity contribution in [2.75, 3.05) is 18.6 Å². The summed E-state index contributed by atoms with van der Waals surface area (Å²) in [6, 6.07) is 7.92. The van der Waals surface area contributed by atoms with Gasteiger partial charge in [0.1, 0.15) is 12.1 Å². The second-order valence-corrected chi connectivity index (χ2v) is 5.89. The summed E-state index contributed by atoms with van der Waals surface area (Å²) in [6.07, 6.45) is 2.36. The lowest BCUT2D eigenvalue weighted by Crippen LogP contribution is -2.42. The maximum absolute atomic E-state index is 12.2. The Kier molecular flexibility index (Phi) is 7.87. The Labute approximate surface area is 136 Å². The van der Waals surface area contributed by atoms with Gasteiger partial charge in [0.15, 0.2) is 6.61 Å². The predicted molar refractivity (Wildman–Crippen MR) is 85.0 cm³/mol. The average molecular weight is 371 g/mol. The first-order valence-corrected chi connectivity index (χ1v) is 8.36. The van der Waals surface area contributed by atoms with Crippen LogP contribution in [0.4, 0.5) is 0 Å². The highest BCUT2D eigenvalue weighted by Gasteiger charge is 2.23. The molecule has 0 fully saturated rings. The lowest BCUT2D eigenvalue weighted by molar-refractivity contribution is -0.144. The Morgan fingerprint density at radius 3 is 2.81 bits per heavy atom. The van der Waals surface area contributed by atoms with E-state index in [-0.39, 0.29) is 12.5 Å². The van der Waals surface area contributed by atoms with Crippen LogP contribution in [-0.4, -0.2) is 36.5 Å². The number of rotatable bonds is 7. The fourth-order valence-electron chi connectivity index (χ4n) is 1.57. The van der Waals surface area contributed by atoms with Crippen LogP contribution in [0.1, 0.15) is 16.8 Å². The molecule has 0 unspecified atom stereocenters. The molecule has 1 aromatic carbocycles. The minimum absolute atomic E-state index is 0.320. The quantitative estimate of drug-likeness (QED) is 0.745. The van der Waals surface area contributed by atoms with Crippen LogP contribution in [-0.2, 0) is 9.53 Å². The van der Waals surface area contributed by atoms with Crippen molar-refractivity contribution < 1.29 is 14.3 Å². The summed E-state index contributed by atoms with van der Waals surface area (Å²) >= 11 is 4.86. The van der Waals surface area contributed by atoms with Crippen molar-refractivity contribution in [3.05, 3.63) is 34.3 Å². The summed E-state index contributed by atoms with van der Waals surface area (Å²) in [5.41, 5.74) is 0.444. The molecule has 0 aliphatic rings. The van der Waals surface area contributed by atoms with E-state index in [0.717, 1.165) is 0 Å². The lowest BCUT2D eigenvalue weighted by atomic mass is 10.1. The Morgan fingerprint density at radius 2 is 2.19 bits per heavy atom. The van der Waals surface area contributed by atoms with Crippen molar-refractivity contribution >= 4 is 39.6 Å². The topological polar surface area (TPSA) is 79.2 Å². The van der Waals surface area contributed by atoms with E-state index in [1.165, 1.54) is 0 Å². The molecule has 0 saturated heterocycles. The molecule has 112 valence electrons. The number of halogens is 1. The van der Waals surface area contributed by atoms with Crippen LogP contribution in [0.2, 0.25) is 0 Å². The van der Waals surface area contributed by atoms with E-state index < -0.39 is 12.0 Å². The molecule has 0 spiro atoms. The van der Waals surface area contributed by atoms with Crippen molar-refractivity contribution in [2.24, 2.45) is 0 Å². The zero-order chi connectivity index (χ0) is 15.7. The summed E-state index contributed by atoms with van der Waals surface area (Å²) in [6.45, 7) is -0.320. The molecular weight excluding hydrogens is 356 g/mol.